The summed E-state index contributed by atoms with van der Waals surface area (Å²) >= 11 is 1.50. The Labute approximate surface area is 117 Å². The Balaban J connectivity index is 2.50. The van der Waals surface area contributed by atoms with Crippen molar-refractivity contribution in [3.63, 3.8) is 0 Å². The fourth-order valence-corrected chi connectivity index (χ4v) is 2.01. The highest BCUT2D eigenvalue weighted by molar-refractivity contribution is 7.98. The summed E-state index contributed by atoms with van der Waals surface area (Å²) in [5.74, 6) is -0.0185. The largest absolute Gasteiger partial charge is 0.459 e. The van der Waals surface area contributed by atoms with E-state index in [1.165, 1.54) is 11.8 Å². The molecule has 0 bridgehead atoms. The normalized spacial score (nSPS) is 11.7. The molecule has 1 rings (SSSR count). The van der Waals surface area contributed by atoms with Crippen molar-refractivity contribution < 1.29 is 14.3 Å². The van der Waals surface area contributed by atoms with Crippen LogP contribution in [0.25, 0.3) is 0 Å². The van der Waals surface area contributed by atoms with Gasteiger partial charge in [-0.25, -0.2) is 4.79 Å². The van der Waals surface area contributed by atoms with Gasteiger partial charge >= 0.3 is 5.97 Å². The Hall–Kier alpha value is -1.49. The van der Waals surface area contributed by atoms with Crippen molar-refractivity contribution in [3.8, 4) is 0 Å². The van der Waals surface area contributed by atoms with E-state index < -0.39 is 6.04 Å². The highest BCUT2D eigenvalue weighted by Gasteiger charge is 2.21. The van der Waals surface area contributed by atoms with E-state index in [0.717, 1.165) is 5.56 Å². The van der Waals surface area contributed by atoms with Crippen molar-refractivity contribution >= 4 is 23.6 Å². The summed E-state index contributed by atoms with van der Waals surface area (Å²) in [6.07, 6.45) is 2.24. The first-order chi connectivity index (χ1) is 9.17. The van der Waals surface area contributed by atoms with Crippen molar-refractivity contribution in [2.24, 2.45) is 0 Å². The summed E-state index contributed by atoms with van der Waals surface area (Å²) in [7, 11) is 0. The number of hydrogen-bond donors (Lipinski definition) is 1. The van der Waals surface area contributed by atoms with Gasteiger partial charge in [0.1, 0.15) is 12.6 Å². The van der Waals surface area contributed by atoms with Crippen molar-refractivity contribution in [3.05, 3.63) is 35.9 Å². The van der Waals surface area contributed by atoms with Crippen LogP contribution in [-0.4, -0.2) is 29.9 Å². The molecule has 1 amide bonds. The molecule has 0 aliphatic rings. The van der Waals surface area contributed by atoms with E-state index in [4.69, 9.17) is 4.74 Å². The fourth-order valence-electron chi connectivity index (χ4n) is 1.46. The number of benzene rings is 1. The minimum absolute atomic E-state index is 0.143. The maximum absolute atomic E-state index is 11.9. The zero-order valence-electron chi connectivity index (χ0n) is 11.2. The topological polar surface area (TPSA) is 55.4 Å². The minimum Gasteiger partial charge on any atom is -0.459 e. The third kappa shape index (κ3) is 5.79. The van der Waals surface area contributed by atoms with E-state index in [2.05, 4.69) is 5.32 Å². The van der Waals surface area contributed by atoms with Crippen LogP contribution in [0.1, 0.15) is 18.9 Å². The van der Waals surface area contributed by atoms with E-state index in [-0.39, 0.29) is 18.5 Å². The molecule has 104 valence electrons. The fraction of sp³-hybridized carbons (Fsp3) is 0.429. The first-order valence-corrected chi connectivity index (χ1v) is 7.55. The second-order valence-electron chi connectivity index (χ2n) is 4.02. The Morgan fingerprint density at radius 1 is 1.32 bits per heavy atom. The van der Waals surface area contributed by atoms with Gasteiger partial charge < -0.3 is 10.1 Å². The van der Waals surface area contributed by atoms with Gasteiger partial charge in [0.25, 0.3) is 0 Å². The molecule has 1 aromatic rings. The molecule has 19 heavy (non-hydrogen) atoms. The molecular formula is C14H19NO3S. The van der Waals surface area contributed by atoms with Gasteiger partial charge in [0.05, 0.1) is 0 Å². The lowest BCUT2D eigenvalue weighted by atomic mass is 10.2. The van der Waals surface area contributed by atoms with Crippen LogP contribution in [0.15, 0.2) is 30.3 Å². The smallest absolute Gasteiger partial charge is 0.329 e. The van der Waals surface area contributed by atoms with Crippen LogP contribution in [0.5, 0.6) is 0 Å². The van der Waals surface area contributed by atoms with Crippen LogP contribution in [-0.2, 0) is 20.9 Å². The van der Waals surface area contributed by atoms with Crippen molar-refractivity contribution in [2.45, 2.75) is 26.0 Å². The lowest BCUT2D eigenvalue weighted by Gasteiger charge is -2.16. The number of hydrogen-bond acceptors (Lipinski definition) is 4. The minimum atomic E-state index is -0.578. The molecular weight excluding hydrogens is 262 g/mol. The van der Waals surface area contributed by atoms with Gasteiger partial charge in [-0.3, -0.25) is 4.79 Å². The zero-order chi connectivity index (χ0) is 14.1. The Morgan fingerprint density at radius 3 is 2.58 bits per heavy atom. The molecule has 0 spiro atoms. The number of esters is 1. The van der Waals surface area contributed by atoms with E-state index in [0.29, 0.717) is 12.2 Å². The molecule has 1 atom stereocenters. The monoisotopic (exact) mass is 281 g/mol. The first-order valence-electron chi connectivity index (χ1n) is 6.16. The summed E-state index contributed by atoms with van der Waals surface area (Å²) in [5.41, 5.74) is 0.931. The van der Waals surface area contributed by atoms with Gasteiger partial charge in [0.2, 0.25) is 5.91 Å². The van der Waals surface area contributed by atoms with Gasteiger partial charge in [-0.1, -0.05) is 37.3 Å². The lowest BCUT2D eigenvalue weighted by Crippen LogP contribution is -2.43. The number of thioether (sulfide) groups is 1. The molecule has 0 fully saturated rings. The number of amides is 1. The standard InChI is InChI=1S/C14H19NO3S/c1-3-13(16)15-12(10-19-2)14(17)18-9-11-7-5-4-6-8-11/h4-8,12H,3,9-10H2,1-2H3,(H,15,16)/t12-/m0/s1. The number of nitrogens with one attached hydrogen (secondary N) is 1. The Morgan fingerprint density at radius 2 is 2.00 bits per heavy atom. The average Bonchev–Trinajstić information content (AvgIpc) is 2.45. The van der Waals surface area contributed by atoms with Gasteiger partial charge in [-0.2, -0.15) is 11.8 Å². The maximum Gasteiger partial charge on any atom is 0.329 e. The van der Waals surface area contributed by atoms with Gasteiger partial charge in [0.15, 0.2) is 0 Å². The number of ether oxygens (including phenoxy) is 1. The predicted molar refractivity (Wildman–Crippen MR) is 76.8 cm³/mol. The first kappa shape index (κ1) is 15.6. The molecule has 0 heterocycles. The third-order valence-corrected chi connectivity index (χ3v) is 3.16. The molecule has 0 saturated carbocycles. The van der Waals surface area contributed by atoms with Gasteiger partial charge in [0, 0.05) is 12.2 Å². The number of rotatable bonds is 7. The zero-order valence-corrected chi connectivity index (χ0v) is 12.0. The molecule has 1 aromatic carbocycles. The predicted octanol–water partition coefficient (Wildman–Crippen LogP) is 1.99. The third-order valence-electron chi connectivity index (χ3n) is 2.50. The van der Waals surface area contributed by atoms with E-state index >= 15 is 0 Å². The Kier molecular flexibility index (Phi) is 7.03. The molecule has 0 unspecified atom stereocenters. The molecule has 0 aliphatic carbocycles. The van der Waals surface area contributed by atoms with Gasteiger partial charge in [-0.05, 0) is 11.8 Å². The van der Waals surface area contributed by atoms with Crippen molar-refractivity contribution in [2.75, 3.05) is 12.0 Å². The second-order valence-corrected chi connectivity index (χ2v) is 4.93. The highest BCUT2D eigenvalue weighted by atomic mass is 32.2. The van der Waals surface area contributed by atoms with Crippen LogP contribution in [0.3, 0.4) is 0 Å². The average molecular weight is 281 g/mol. The Bertz CT molecular complexity index is 408. The van der Waals surface area contributed by atoms with E-state index in [1.54, 1.807) is 6.92 Å². The maximum atomic E-state index is 11.9. The van der Waals surface area contributed by atoms with Crippen LogP contribution in [0.4, 0.5) is 0 Å². The summed E-state index contributed by atoms with van der Waals surface area (Å²) in [4.78, 5) is 23.3. The van der Waals surface area contributed by atoms with Crippen LogP contribution in [0.2, 0.25) is 0 Å². The van der Waals surface area contributed by atoms with Crippen molar-refractivity contribution in [1.29, 1.82) is 0 Å². The quantitative estimate of drug-likeness (QED) is 0.777. The summed E-state index contributed by atoms with van der Waals surface area (Å²) < 4.78 is 5.22. The SMILES string of the molecule is CCC(=O)N[C@@H](CSC)C(=O)OCc1ccccc1. The van der Waals surface area contributed by atoms with Crippen LogP contribution >= 0.6 is 11.8 Å². The van der Waals surface area contributed by atoms with E-state index in [9.17, 15) is 9.59 Å². The molecule has 0 saturated heterocycles. The number of carbonyl (C=O) groups excluding carboxylic acids is 2. The van der Waals surface area contributed by atoms with E-state index in [1.807, 2.05) is 36.6 Å². The highest BCUT2D eigenvalue weighted by Crippen LogP contribution is 2.05. The molecule has 5 heteroatoms. The molecule has 0 radical (unpaired) electrons. The molecule has 0 aliphatic heterocycles. The summed E-state index contributed by atoms with van der Waals surface area (Å²) in [6, 6.07) is 8.89. The number of carbonyl (C=O) groups is 2. The molecule has 0 aromatic heterocycles. The van der Waals surface area contributed by atoms with Gasteiger partial charge in [-0.15, -0.1) is 0 Å². The lowest BCUT2D eigenvalue weighted by molar-refractivity contribution is -0.148. The summed E-state index contributed by atoms with van der Waals surface area (Å²) in [6.45, 7) is 1.98. The van der Waals surface area contributed by atoms with Crippen molar-refractivity contribution in [1.82, 2.24) is 5.32 Å². The van der Waals surface area contributed by atoms with Crippen LogP contribution in [0, 0.1) is 0 Å². The molecule has 4 nitrogen and oxygen atoms in total. The second kappa shape index (κ2) is 8.58. The molecule has 1 N–H and O–H groups in total. The summed E-state index contributed by atoms with van der Waals surface area (Å²) in [5, 5.41) is 2.67. The van der Waals surface area contributed by atoms with Crippen LogP contribution < -0.4 is 5.32 Å².